The van der Waals surface area contributed by atoms with Crippen LogP contribution in [0.1, 0.15) is 32.3 Å². The molecular weight excluding hydrogens is 350 g/mol. The molecule has 3 rings (SSSR count). The number of piperidine rings is 1. The van der Waals surface area contributed by atoms with Crippen molar-refractivity contribution < 1.29 is 9.59 Å². The van der Waals surface area contributed by atoms with Gasteiger partial charge in [0.05, 0.1) is 6.04 Å². The van der Waals surface area contributed by atoms with Gasteiger partial charge in [0.2, 0.25) is 11.8 Å². The topological polar surface area (TPSA) is 61.4 Å². The highest BCUT2D eigenvalue weighted by molar-refractivity contribution is 5.95. The van der Waals surface area contributed by atoms with Crippen LogP contribution in [0, 0.1) is 5.92 Å². The number of nitrogens with zero attached hydrogens (tertiary/aromatic N) is 1. The van der Waals surface area contributed by atoms with E-state index in [4.69, 9.17) is 0 Å². The largest absolute Gasteiger partial charge is 0.326 e. The molecule has 1 fully saturated rings. The molecule has 1 aliphatic heterocycles. The highest BCUT2D eigenvalue weighted by Crippen LogP contribution is 2.21. The van der Waals surface area contributed by atoms with E-state index in [1.807, 2.05) is 61.5 Å². The molecule has 2 N–H and O–H groups in total. The molecule has 2 aromatic carbocycles. The average Bonchev–Trinajstić information content (AvgIpc) is 2.74. The predicted octanol–water partition coefficient (Wildman–Crippen LogP) is 3.93. The number of hydrogen-bond acceptors (Lipinski definition) is 3. The molecule has 1 saturated heterocycles. The Labute approximate surface area is 167 Å². The number of carbonyl (C=O) groups is 2. The maximum atomic E-state index is 12.6. The molecule has 148 valence electrons. The van der Waals surface area contributed by atoms with Crippen LogP contribution in [0.3, 0.4) is 0 Å². The number of rotatable bonds is 6. The summed E-state index contributed by atoms with van der Waals surface area (Å²) >= 11 is 0. The number of carbonyl (C=O) groups excluding carboxylic acids is 2. The zero-order valence-corrected chi connectivity index (χ0v) is 16.7. The zero-order chi connectivity index (χ0) is 19.9. The molecule has 1 aliphatic rings. The number of para-hydroxylation sites is 1. The third kappa shape index (κ3) is 5.20. The number of nitrogens with one attached hydrogen (secondary N) is 2. The third-order valence-corrected chi connectivity index (χ3v) is 5.50. The lowest BCUT2D eigenvalue weighted by atomic mass is 9.94. The van der Waals surface area contributed by atoms with Crippen LogP contribution in [0.25, 0.3) is 0 Å². The van der Waals surface area contributed by atoms with Gasteiger partial charge in [-0.25, -0.2) is 0 Å². The quantitative estimate of drug-likeness (QED) is 0.799. The van der Waals surface area contributed by atoms with Crippen LogP contribution in [-0.2, 0) is 16.0 Å². The average molecular weight is 380 g/mol. The molecular formula is C23H29N3O2. The summed E-state index contributed by atoms with van der Waals surface area (Å²) in [6, 6.07) is 17.3. The van der Waals surface area contributed by atoms with Crippen LogP contribution in [-0.4, -0.2) is 35.8 Å². The first kappa shape index (κ1) is 20.1. The Kier molecular flexibility index (Phi) is 6.82. The highest BCUT2D eigenvalue weighted by Gasteiger charge is 2.29. The van der Waals surface area contributed by atoms with Gasteiger partial charge in [-0.1, -0.05) is 37.3 Å². The van der Waals surface area contributed by atoms with E-state index in [1.165, 1.54) is 5.56 Å². The second-order valence-corrected chi connectivity index (χ2v) is 7.38. The Morgan fingerprint density at radius 2 is 1.57 bits per heavy atom. The molecule has 2 aromatic rings. The van der Waals surface area contributed by atoms with Gasteiger partial charge in [-0.3, -0.25) is 14.5 Å². The number of hydrogen-bond donors (Lipinski definition) is 2. The number of anilines is 2. The monoisotopic (exact) mass is 379 g/mol. The highest BCUT2D eigenvalue weighted by atomic mass is 16.2. The van der Waals surface area contributed by atoms with E-state index in [0.717, 1.165) is 43.7 Å². The summed E-state index contributed by atoms with van der Waals surface area (Å²) < 4.78 is 0. The Morgan fingerprint density at radius 3 is 2.18 bits per heavy atom. The van der Waals surface area contributed by atoms with E-state index < -0.39 is 0 Å². The van der Waals surface area contributed by atoms with Gasteiger partial charge in [-0.05, 0) is 69.1 Å². The first-order valence-electron chi connectivity index (χ1n) is 10.1. The molecule has 1 atom stereocenters. The summed E-state index contributed by atoms with van der Waals surface area (Å²) in [5.74, 6) is 0.0590. The second kappa shape index (κ2) is 9.51. The van der Waals surface area contributed by atoms with Gasteiger partial charge in [0, 0.05) is 17.3 Å². The maximum absolute atomic E-state index is 12.6. The van der Waals surface area contributed by atoms with Crippen molar-refractivity contribution in [3.8, 4) is 0 Å². The molecule has 0 bridgehead atoms. The van der Waals surface area contributed by atoms with Gasteiger partial charge in [-0.15, -0.1) is 0 Å². The first-order valence-corrected chi connectivity index (χ1v) is 10.1. The van der Waals surface area contributed by atoms with Crippen LogP contribution in [0.2, 0.25) is 0 Å². The van der Waals surface area contributed by atoms with E-state index in [2.05, 4.69) is 22.5 Å². The van der Waals surface area contributed by atoms with Crippen LogP contribution in [0.15, 0.2) is 54.6 Å². The van der Waals surface area contributed by atoms with E-state index in [1.54, 1.807) is 0 Å². The van der Waals surface area contributed by atoms with Crippen LogP contribution in [0.4, 0.5) is 11.4 Å². The Bertz CT molecular complexity index is 781. The van der Waals surface area contributed by atoms with Crippen molar-refractivity contribution in [2.24, 2.45) is 5.92 Å². The van der Waals surface area contributed by atoms with Crippen molar-refractivity contribution in [2.45, 2.75) is 39.2 Å². The number of amides is 2. The number of likely N-dealkylation sites (tertiary alicyclic amines) is 1. The molecule has 2 amide bonds. The van der Waals surface area contributed by atoms with E-state index in [-0.39, 0.29) is 23.8 Å². The normalized spacial score (nSPS) is 16.4. The maximum Gasteiger partial charge on any atom is 0.241 e. The summed E-state index contributed by atoms with van der Waals surface area (Å²) in [6.45, 7) is 5.53. The Hall–Kier alpha value is -2.66. The summed E-state index contributed by atoms with van der Waals surface area (Å²) in [6.07, 6.45) is 2.51. The molecule has 0 radical (unpaired) electrons. The zero-order valence-electron chi connectivity index (χ0n) is 16.7. The van der Waals surface area contributed by atoms with Gasteiger partial charge < -0.3 is 10.6 Å². The summed E-state index contributed by atoms with van der Waals surface area (Å²) in [4.78, 5) is 27.2. The van der Waals surface area contributed by atoms with Crippen LogP contribution < -0.4 is 10.6 Å². The van der Waals surface area contributed by atoms with E-state index >= 15 is 0 Å². The van der Waals surface area contributed by atoms with Crippen molar-refractivity contribution in [1.82, 2.24) is 4.90 Å². The standard InChI is InChI=1S/C23H29N3O2/c1-3-18-9-11-21(12-10-18)24-22(27)17(2)26-15-13-19(14-16-26)23(28)25-20-7-5-4-6-8-20/h4-12,17,19H,3,13-16H2,1-2H3,(H,24,27)(H,25,28). The Balaban J connectivity index is 1.47. The van der Waals surface area contributed by atoms with Gasteiger partial charge in [0.25, 0.3) is 0 Å². The fourth-order valence-corrected chi connectivity index (χ4v) is 3.55. The van der Waals surface area contributed by atoms with Crippen molar-refractivity contribution in [2.75, 3.05) is 23.7 Å². The number of benzene rings is 2. The van der Waals surface area contributed by atoms with Crippen LogP contribution in [0.5, 0.6) is 0 Å². The lowest BCUT2D eigenvalue weighted by molar-refractivity contribution is -0.123. The van der Waals surface area contributed by atoms with Gasteiger partial charge in [-0.2, -0.15) is 0 Å². The number of aryl methyl sites for hydroxylation is 1. The molecule has 5 heteroatoms. The summed E-state index contributed by atoms with van der Waals surface area (Å²) in [7, 11) is 0. The van der Waals surface area contributed by atoms with Crippen molar-refractivity contribution in [1.29, 1.82) is 0 Å². The lowest BCUT2D eigenvalue weighted by Crippen LogP contribution is -2.47. The fourth-order valence-electron chi connectivity index (χ4n) is 3.55. The van der Waals surface area contributed by atoms with E-state index in [0.29, 0.717) is 0 Å². The summed E-state index contributed by atoms with van der Waals surface area (Å²) in [5.41, 5.74) is 2.91. The molecule has 0 aromatic heterocycles. The molecule has 0 saturated carbocycles. The van der Waals surface area contributed by atoms with E-state index in [9.17, 15) is 9.59 Å². The first-order chi connectivity index (χ1) is 13.6. The van der Waals surface area contributed by atoms with Crippen molar-refractivity contribution in [3.63, 3.8) is 0 Å². The minimum Gasteiger partial charge on any atom is -0.326 e. The molecule has 1 heterocycles. The molecule has 5 nitrogen and oxygen atoms in total. The summed E-state index contributed by atoms with van der Waals surface area (Å²) in [5, 5.41) is 5.98. The van der Waals surface area contributed by atoms with Crippen molar-refractivity contribution >= 4 is 23.2 Å². The molecule has 1 unspecified atom stereocenters. The molecule has 0 aliphatic carbocycles. The van der Waals surface area contributed by atoms with Gasteiger partial charge >= 0.3 is 0 Å². The second-order valence-electron chi connectivity index (χ2n) is 7.38. The minimum absolute atomic E-state index is 0.00330. The van der Waals surface area contributed by atoms with Gasteiger partial charge in [0.1, 0.15) is 0 Å². The fraction of sp³-hybridized carbons (Fsp3) is 0.391. The SMILES string of the molecule is CCc1ccc(NC(=O)C(C)N2CCC(C(=O)Nc3ccccc3)CC2)cc1. The minimum atomic E-state index is -0.219. The Morgan fingerprint density at radius 1 is 0.964 bits per heavy atom. The molecule has 28 heavy (non-hydrogen) atoms. The van der Waals surface area contributed by atoms with Crippen molar-refractivity contribution in [3.05, 3.63) is 60.2 Å². The smallest absolute Gasteiger partial charge is 0.241 e. The van der Waals surface area contributed by atoms with Gasteiger partial charge in [0.15, 0.2) is 0 Å². The third-order valence-electron chi connectivity index (χ3n) is 5.50. The lowest BCUT2D eigenvalue weighted by Gasteiger charge is -2.34. The molecule has 0 spiro atoms. The predicted molar refractivity (Wildman–Crippen MR) is 113 cm³/mol. The van der Waals surface area contributed by atoms with Crippen LogP contribution >= 0.6 is 0 Å².